The number of hydrogen-bond donors (Lipinski definition) is 7. The number of urea groups is 2. The molecule has 0 radical (unpaired) electrons. The molecule has 2 aliphatic heterocycles. The van der Waals surface area contributed by atoms with Crippen LogP contribution in [0.4, 0.5) is 18.4 Å². The molecule has 15 nitrogen and oxygen atoms in total. The first-order valence-electron chi connectivity index (χ1n) is 14.6. The summed E-state index contributed by atoms with van der Waals surface area (Å²) < 4.78 is 33.9. The fourth-order valence-electron chi connectivity index (χ4n) is 5.32. The summed E-state index contributed by atoms with van der Waals surface area (Å²) >= 11 is 6.14. The van der Waals surface area contributed by atoms with E-state index in [0.717, 1.165) is 11.0 Å². The zero-order valence-corrected chi connectivity index (χ0v) is 25.9. The van der Waals surface area contributed by atoms with Crippen LogP contribution in [0.5, 0.6) is 17.2 Å². The van der Waals surface area contributed by atoms with Crippen LogP contribution in [-0.4, -0.2) is 99.2 Å². The number of benzene rings is 3. The zero-order valence-electron chi connectivity index (χ0n) is 25.2. The third kappa shape index (κ3) is 7.14. The zero-order chi connectivity index (χ0) is 35.6. The number of phenols is 2. The number of carboxylic acid groups (broad SMARTS) is 1. The SMILES string of the molecule is O=C(NCCN1CCN(C(=O)NC(C(=O)N[C@H]2Cc3ccc(F)c(C(=O)O)c3OB2O)c2cc(F)c(O)c(O)c2Cl)C1=O)c1ccccc1. The Morgan fingerprint density at radius 3 is 2.45 bits per heavy atom. The smallest absolute Gasteiger partial charge is 0.534 e. The Morgan fingerprint density at radius 2 is 1.76 bits per heavy atom. The van der Waals surface area contributed by atoms with Gasteiger partial charge in [-0.2, -0.15) is 0 Å². The maximum atomic E-state index is 14.5. The van der Waals surface area contributed by atoms with E-state index in [9.17, 15) is 53.1 Å². The van der Waals surface area contributed by atoms with Crippen LogP contribution in [0, 0.1) is 11.6 Å². The van der Waals surface area contributed by atoms with Gasteiger partial charge in [0.2, 0.25) is 5.91 Å². The van der Waals surface area contributed by atoms with Crippen molar-refractivity contribution >= 4 is 48.6 Å². The quantitative estimate of drug-likeness (QED) is 0.127. The predicted octanol–water partition coefficient (Wildman–Crippen LogP) is 1.79. The summed E-state index contributed by atoms with van der Waals surface area (Å²) in [7, 11) is -1.93. The van der Waals surface area contributed by atoms with E-state index in [1.54, 1.807) is 30.3 Å². The van der Waals surface area contributed by atoms with Gasteiger partial charge >= 0.3 is 25.1 Å². The summed E-state index contributed by atoms with van der Waals surface area (Å²) in [6.07, 6.45) is -0.285. The third-order valence-electron chi connectivity index (χ3n) is 7.83. The van der Waals surface area contributed by atoms with E-state index in [2.05, 4.69) is 16.0 Å². The van der Waals surface area contributed by atoms with Crippen molar-refractivity contribution in [2.45, 2.75) is 18.4 Å². The molecule has 1 saturated heterocycles. The summed E-state index contributed by atoms with van der Waals surface area (Å²) in [5, 5.41) is 46.5. The second kappa shape index (κ2) is 14.2. The molecule has 2 atom stereocenters. The molecule has 49 heavy (non-hydrogen) atoms. The van der Waals surface area contributed by atoms with Crippen LogP contribution in [0.2, 0.25) is 5.02 Å². The molecule has 0 saturated carbocycles. The molecule has 0 aliphatic carbocycles. The highest BCUT2D eigenvalue weighted by atomic mass is 35.5. The van der Waals surface area contributed by atoms with Crippen LogP contribution >= 0.6 is 11.6 Å². The molecule has 2 heterocycles. The first-order valence-corrected chi connectivity index (χ1v) is 15.0. The second-order valence-corrected chi connectivity index (χ2v) is 11.3. The number of halogens is 3. The number of carbonyl (C=O) groups excluding carboxylic acids is 4. The van der Waals surface area contributed by atoms with Gasteiger partial charge in [-0.05, 0) is 36.2 Å². The van der Waals surface area contributed by atoms with Crippen molar-refractivity contribution < 1.29 is 57.8 Å². The Hall–Kier alpha value is -5.62. The van der Waals surface area contributed by atoms with E-state index in [1.165, 1.54) is 11.0 Å². The van der Waals surface area contributed by atoms with E-state index in [-0.39, 0.29) is 44.1 Å². The van der Waals surface area contributed by atoms with E-state index in [1.807, 2.05) is 0 Å². The van der Waals surface area contributed by atoms with Crippen molar-refractivity contribution in [2.75, 3.05) is 26.2 Å². The summed E-state index contributed by atoms with van der Waals surface area (Å²) in [5.41, 5.74) is -0.874. The van der Waals surface area contributed by atoms with Crippen molar-refractivity contribution in [2.24, 2.45) is 0 Å². The molecule has 256 valence electrons. The van der Waals surface area contributed by atoms with Crippen LogP contribution in [0.3, 0.4) is 0 Å². The highest BCUT2D eigenvalue weighted by Crippen LogP contribution is 2.40. The normalized spacial score (nSPS) is 16.0. The largest absolute Gasteiger partial charge is 0.547 e. The van der Waals surface area contributed by atoms with Gasteiger partial charge in [0.1, 0.15) is 23.2 Å². The van der Waals surface area contributed by atoms with Crippen molar-refractivity contribution in [3.63, 3.8) is 0 Å². The number of amides is 6. The van der Waals surface area contributed by atoms with Crippen molar-refractivity contribution in [3.8, 4) is 17.2 Å². The van der Waals surface area contributed by atoms with E-state index < -0.39 is 88.1 Å². The van der Waals surface area contributed by atoms with Gasteiger partial charge in [0.25, 0.3) is 5.91 Å². The number of nitrogens with zero attached hydrogens (tertiary/aromatic N) is 2. The van der Waals surface area contributed by atoms with Crippen molar-refractivity contribution in [1.82, 2.24) is 25.8 Å². The van der Waals surface area contributed by atoms with Gasteiger partial charge in [-0.25, -0.2) is 28.1 Å². The standard InChI is InChI=1S/C30H27BClF2N5O10/c32-21-16(13-18(34)23(40)24(21)41)22(27(43)36-19-12-15-6-7-17(33)20(28(44)45)25(15)49-31(19)48)37-29(46)39-11-10-38(30(39)47)9-8-35-26(42)14-4-2-1-3-5-14/h1-7,13,19,22,40-41,48H,8-12H2,(H,35,42)(H,36,43)(H,37,46)(H,44,45)/t19-,22?/m0/s1. The lowest BCUT2D eigenvalue weighted by atomic mass is 9.72. The van der Waals surface area contributed by atoms with Gasteiger partial charge in [-0.1, -0.05) is 35.9 Å². The molecule has 1 unspecified atom stereocenters. The summed E-state index contributed by atoms with van der Waals surface area (Å²) in [6.45, 7) is -0.00765. The Bertz CT molecular complexity index is 1840. The lowest BCUT2D eigenvalue weighted by Gasteiger charge is -2.31. The van der Waals surface area contributed by atoms with E-state index in [4.69, 9.17) is 16.3 Å². The summed E-state index contributed by atoms with van der Waals surface area (Å²) in [5.74, 6) is -9.92. The lowest BCUT2D eigenvalue weighted by Crippen LogP contribution is -2.56. The van der Waals surface area contributed by atoms with Crippen LogP contribution in [0.1, 0.15) is 37.9 Å². The fourth-order valence-corrected chi connectivity index (χ4v) is 5.57. The molecule has 7 N–H and O–H groups in total. The van der Waals surface area contributed by atoms with Gasteiger partial charge < -0.3 is 45.8 Å². The van der Waals surface area contributed by atoms with Gasteiger partial charge in [-0.3, -0.25) is 9.59 Å². The monoisotopic (exact) mass is 701 g/mol. The van der Waals surface area contributed by atoms with Crippen LogP contribution in [-0.2, 0) is 11.2 Å². The minimum absolute atomic E-state index is 0.0303. The number of aromatic hydroxyl groups is 2. The molecule has 2 aliphatic rings. The molecule has 5 rings (SSSR count). The Morgan fingerprint density at radius 1 is 1.04 bits per heavy atom. The average molecular weight is 702 g/mol. The first-order chi connectivity index (χ1) is 23.3. The number of phenolic OH excluding ortho intramolecular Hbond substituents is 2. The highest BCUT2D eigenvalue weighted by Gasteiger charge is 2.42. The topological polar surface area (TPSA) is 218 Å². The summed E-state index contributed by atoms with van der Waals surface area (Å²) in [4.78, 5) is 66.0. The molecule has 19 heteroatoms. The van der Waals surface area contributed by atoms with Crippen molar-refractivity contribution in [1.29, 1.82) is 0 Å². The molecule has 0 spiro atoms. The molecular weight excluding hydrogens is 675 g/mol. The minimum atomic E-state index is -1.95. The minimum Gasteiger partial charge on any atom is -0.534 e. The Kier molecular flexibility index (Phi) is 10.1. The lowest BCUT2D eigenvalue weighted by molar-refractivity contribution is -0.123. The number of hydrogen-bond acceptors (Lipinski definition) is 9. The Balaban J connectivity index is 1.32. The maximum absolute atomic E-state index is 14.5. The summed E-state index contributed by atoms with van der Waals surface area (Å²) in [6, 6.07) is 7.07. The van der Waals surface area contributed by atoms with Gasteiger partial charge in [0.05, 0.1) is 11.0 Å². The fraction of sp³-hybridized carbons (Fsp3) is 0.233. The predicted molar refractivity (Wildman–Crippen MR) is 166 cm³/mol. The second-order valence-electron chi connectivity index (χ2n) is 10.9. The van der Waals surface area contributed by atoms with Crippen LogP contribution in [0.25, 0.3) is 0 Å². The molecule has 3 aromatic rings. The molecule has 0 bridgehead atoms. The number of aromatic carboxylic acids is 1. The molecule has 3 aromatic carbocycles. The first kappa shape index (κ1) is 34.7. The third-order valence-corrected chi connectivity index (χ3v) is 8.23. The van der Waals surface area contributed by atoms with E-state index >= 15 is 0 Å². The van der Waals surface area contributed by atoms with Crippen LogP contribution < -0.4 is 20.6 Å². The van der Waals surface area contributed by atoms with Gasteiger partial charge in [0.15, 0.2) is 17.3 Å². The molecule has 6 amide bonds. The number of nitrogens with one attached hydrogen (secondary N) is 3. The van der Waals surface area contributed by atoms with Gasteiger partial charge in [0, 0.05) is 37.3 Å². The molecule has 0 aromatic heterocycles. The van der Waals surface area contributed by atoms with Crippen LogP contribution in [0.15, 0.2) is 48.5 Å². The number of carbonyl (C=O) groups is 5. The maximum Gasteiger partial charge on any atom is 0.547 e. The average Bonchev–Trinajstić information content (AvgIpc) is 3.44. The number of imide groups is 1. The number of carboxylic acids is 1. The number of fused-ring (bicyclic) bond motifs is 1. The Labute approximate surface area is 281 Å². The van der Waals surface area contributed by atoms with Crippen molar-refractivity contribution in [3.05, 3.63) is 87.4 Å². The van der Waals surface area contributed by atoms with Gasteiger partial charge in [-0.15, -0.1) is 0 Å². The van der Waals surface area contributed by atoms with E-state index in [0.29, 0.717) is 11.6 Å². The molecular formula is C30H27BClF2N5O10. The highest BCUT2D eigenvalue weighted by molar-refractivity contribution is 6.47. The molecule has 1 fully saturated rings. The number of rotatable bonds is 9.